The van der Waals surface area contributed by atoms with Gasteiger partial charge in [-0.3, -0.25) is 4.79 Å². The van der Waals surface area contributed by atoms with Gasteiger partial charge in [0.1, 0.15) is 17.6 Å². The molecule has 5 rings (SSSR count). The minimum atomic E-state index is 0.0292. The lowest BCUT2D eigenvalue weighted by atomic mass is 9.86. The van der Waals surface area contributed by atoms with Crippen LogP contribution in [0.1, 0.15) is 66.2 Å². The molecule has 0 spiro atoms. The number of carbonyl (C=O) groups is 1. The third-order valence-electron chi connectivity index (χ3n) is 7.12. The van der Waals surface area contributed by atoms with E-state index in [1.54, 1.807) is 12.3 Å². The van der Waals surface area contributed by atoms with Crippen molar-refractivity contribution in [1.82, 2.24) is 10.5 Å². The van der Waals surface area contributed by atoms with E-state index in [0.29, 0.717) is 12.3 Å². The first-order valence-corrected chi connectivity index (χ1v) is 12.3. The average molecular weight is 461 g/mol. The molecule has 1 unspecified atom stereocenters. The van der Waals surface area contributed by atoms with E-state index in [-0.39, 0.29) is 24.0 Å². The number of aryl methyl sites for hydroxylation is 3. The van der Waals surface area contributed by atoms with E-state index in [2.05, 4.69) is 48.6 Å². The van der Waals surface area contributed by atoms with Crippen molar-refractivity contribution < 1.29 is 18.8 Å². The highest BCUT2D eigenvalue weighted by Gasteiger charge is 2.28. The van der Waals surface area contributed by atoms with E-state index in [1.165, 1.54) is 22.3 Å². The number of benzene rings is 2. The van der Waals surface area contributed by atoms with E-state index in [0.717, 1.165) is 50.0 Å². The number of carbonyl (C=O) groups excluding carboxylic acids is 1. The number of amides is 1. The molecule has 0 radical (unpaired) electrons. The molecular weight excluding hydrogens is 428 g/mol. The summed E-state index contributed by atoms with van der Waals surface area (Å²) in [7, 11) is 0. The van der Waals surface area contributed by atoms with E-state index in [4.69, 9.17) is 14.0 Å². The highest BCUT2D eigenvalue weighted by Crippen LogP contribution is 2.39. The van der Waals surface area contributed by atoms with Crippen LogP contribution in [0.15, 0.2) is 53.2 Å². The average Bonchev–Trinajstić information content (AvgIpc) is 3.37. The van der Waals surface area contributed by atoms with Crippen molar-refractivity contribution in [1.29, 1.82) is 0 Å². The van der Waals surface area contributed by atoms with Gasteiger partial charge in [-0.05, 0) is 92.8 Å². The summed E-state index contributed by atoms with van der Waals surface area (Å²) in [4.78, 5) is 12.5. The lowest BCUT2D eigenvalue weighted by Gasteiger charge is -2.30. The highest BCUT2D eigenvalue weighted by atomic mass is 16.5. The van der Waals surface area contributed by atoms with Crippen molar-refractivity contribution in [3.05, 3.63) is 76.7 Å². The standard InChI is InChI=1S/C28H32N2O4/c1-18-4-3-5-19(2)27(18)26-12-8-21-16-23(11-13-25(21)33-26)32-22-9-6-20(7-10-22)28(31)29-17-24-14-15-30-34-24/h3-5,11,13-16,20,22,26H,6-10,12,17H2,1-2H3,(H,29,31). The third-order valence-corrected chi connectivity index (χ3v) is 7.12. The molecule has 1 aromatic heterocycles. The number of rotatable bonds is 6. The zero-order valence-corrected chi connectivity index (χ0v) is 19.9. The molecule has 1 N–H and O–H groups in total. The van der Waals surface area contributed by atoms with Crippen LogP contribution in [0, 0.1) is 19.8 Å². The van der Waals surface area contributed by atoms with Crippen LogP contribution in [0.5, 0.6) is 11.5 Å². The molecule has 2 heterocycles. The fourth-order valence-electron chi connectivity index (χ4n) is 5.26. The molecule has 0 saturated heterocycles. The summed E-state index contributed by atoms with van der Waals surface area (Å²) < 4.78 is 17.8. The normalized spacial score (nSPS) is 21.9. The zero-order chi connectivity index (χ0) is 23.5. The number of fused-ring (bicyclic) bond motifs is 1. The Morgan fingerprint density at radius 2 is 1.85 bits per heavy atom. The quantitative estimate of drug-likeness (QED) is 0.517. The SMILES string of the molecule is Cc1cccc(C)c1C1CCc2cc(OC3CCC(C(=O)NCc4ccno4)CC3)ccc2O1. The first kappa shape index (κ1) is 22.5. The number of nitrogens with one attached hydrogen (secondary N) is 1. The molecule has 2 aliphatic rings. The summed E-state index contributed by atoms with van der Waals surface area (Å²) in [6, 6.07) is 14.4. The van der Waals surface area contributed by atoms with Gasteiger partial charge in [0, 0.05) is 12.0 Å². The molecule has 1 fully saturated rings. The van der Waals surface area contributed by atoms with Crippen molar-refractivity contribution in [2.75, 3.05) is 0 Å². The topological polar surface area (TPSA) is 73.6 Å². The van der Waals surface area contributed by atoms with Crippen LogP contribution in [0.4, 0.5) is 0 Å². The number of hydrogen-bond donors (Lipinski definition) is 1. The van der Waals surface area contributed by atoms with Crippen LogP contribution in [0.2, 0.25) is 0 Å². The zero-order valence-electron chi connectivity index (χ0n) is 19.9. The first-order valence-electron chi connectivity index (χ1n) is 12.3. The molecule has 1 atom stereocenters. The number of aromatic nitrogens is 1. The van der Waals surface area contributed by atoms with Gasteiger partial charge in [-0.1, -0.05) is 23.4 Å². The predicted molar refractivity (Wildman–Crippen MR) is 129 cm³/mol. The fourth-order valence-corrected chi connectivity index (χ4v) is 5.26. The van der Waals surface area contributed by atoms with Crippen LogP contribution >= 0.6 is 0 Å². The van der Waals surface area contributed by atoms with E-state index in [1.807, 2.05) is 12.1 Å². The molecule has 6 nitrogen and oxygen atoms in total. The van der Waals surface area contributed by atoms with E-state index >= 15 is 0 Å². The van der Waals surface area contributed by atoms with Crippen LogP contribution in [0.25, 0.3) is 0 Å². The summed E-state index contributed by atoms with van der Waals surface area (Å²) in [5.41, 5.74) is 5.10. The summed E-state index contributed by atoms with van der Waals surface area (Å²) in [5.74, 6) is 2.63. The molecule has 34 heavy (non-hydrogen) atoms. The molecule has 1 amide bonds. The van der Waals surface area contributed by atoms with Gasteiger partial charge in [-0.25, -0.2) is 0 Å². The Balaban J connectivity index is 1.14. The third kappa shape index (κ3) is 4.96. The Morgan fingerprint density at radius 3 is 2.59 bits per heavy atom. The Bertz CT molecular complexity index is 1110. The second-order valence-electron chi connectivity index (χ2n) is 9.51. The van der Waals surface area contributed by atoms with Crippen LogP contribution in [-0.2, 0) is 17.8 Å². The van der Waals surface area contributed by atoms with Crippen molar-refractivity contribution in [2.24, 2.45) is 5.92 Å². The summed E-state index contributed by atoms with van der Waals surface area (Å²) in [6.45, 7) is 4.71. The van der Waals surface area contributed by atoms with Crippen LogP contribution < -0.4 is 14.8 Å². The van der Waals surface area contributed by atoms with E-state index < -0.39 is 0 Å². The van der Waals surface area contributed by atoms with E-state index in [9.17, 15) is 4.79 Å². The largest absolute Gasteiger partial charge is 0.490 e. The maximum absolute atomic E-state index is 12.5. The smallest absolute Gasteiger partial charge is 0.223 e. The number of hydrogen-bond acceptors (Lipinski definition) is 5. The Labute approximate surface area is 200 Å². The van der Waals surface area contributed by atoms with Crippen molar-refractivity contribution in [3.63, 3.8) is 0 Å². The van der Waals surface area contributed by atoms with Gasteiger partial charge in [-0.15, -0.1) is 0 Å². The molecule has 1 saturated carbocycles. The monoisotopic (exact) mass is 460 g/mol. The van der Waals surface area contributed by atoms with Crippen LogP contribution in [0.3, 0.4) is 0 Å². The second kappa shape index (κ2) is 9.92. The molecule has 2 aromatic carbocycles. The van der Waals surface area contributed by atoms with Gasteiger partial charge >= 0.3 is 0 Å². The number of ether oxygens (including phenoxy) is 2. The molecule has 1 aliphatic heterocycles. The Kier molecular flexibility index (Phi) is 6.57. The van der Waals surface area contributed by atoms with Gasteiger partial charge in [0.15, 0.2) is 5.76 Å². The minimum absolute atomic E-state index is 0.0292. The van der Waals surface area contributed by atoms with Crippen molar-refractivity contribution in [3.8, 4) is 11.5 Å². The van der Waals surface area contributed by atoms with Gasteiger partial charge < -0.3 is 19.3 Å². The Hall–Kier alpha value is -3.28. The van der Waals surface area contributed by atoms with Crippen LogP contribution in [-0.4, -0.2) is 17.2 Å². The maximum Gasteiger partial charge on any atom is 0.223 e. The van der Waals surface area contributed by atoms with Crippen molar-refractivity contribution in [2.45, 2.75) is 71.1 Å². The summed E-state index contributed by atoms with van der Waals surface area (Å²) in [5, 5.41) is 6.61. The maximum atomic E-state index is 12.5. The molecule has 6 heteroatoms. The number of nitrogens with zero attached hydrogens (tertiary/aromatic N) is 1. The molecular formula is C28H32N2O4. The summed E-state index contributed by atoms with van der Waals surface area (Å²) >= 11 is 0. The first-order chi connectivity index (χ1) is 16.6. The van der Waals surface area contributed by atoms with Gasteiger partial charge in [0.2, 0.25) is 5.91 Å². The highest BCUT2D eigenvalue weighted by molar-refractivity contribution is 5.78. The lowest BCUT2D eigenvalue weighted by molar-refractivity contribution is -0.126. The molecule has 1 aliphatic carbocycles. The lowest BCUT2D eigenvalue weighted by Crippen LogP contribution is -2.35. The molecule has 3 aromatic rings. The molecule has 0 bridgehead atoms. The van der Waals surface area contributed by atoms with Gasteiger partial charge in [0.25, 0.3) is 0 Å². The van der Waals surface area contributed by atoms with Crippen molar-refractivity contribution >= 4 is 5.91 Å². The predicted octanol–water partition coefficient (Wildman–Crippen LogP) is 5.61. The fraction of sp³-hybridized carbons (Fsp3) is 0.429. The minimum Gasteiger partial charge on any atom is -0.490 e. The van der Waals surface area contributed by atoms with Gasteiger partial charge in [-0.2, -0.15) is 0 Å². The second-order valence-corrected chi connectivity index (χ2v) is 9.51. The Morgan fingerprint density at radius 1 is 1.06 bits per heavy atom. The van der Waals surface area contributed by atoms with Gasteiger partial charge in [0.05, 0.1) is 18.8 Å². The molecule has 178 valence electrons. The summed E-state index contributed by atoms with van der Waals surface area (Å²) in [6.07, 6.45) is 7.19.